The van der Waals surface area contributed by atoms with Crippen molar-refractivity contribution < 1.29 is 23.7 Å². The third-order valence-electron chi connectivity index (χ3n) is 4.06. The van der Waals surface area contributed by atoms with Gasteiger partial charge in [-0.25, -0.2) is 0 Å². The van der Waals surface area contributed by atoms with E-state index in [1.807, 2.05) is 12.1 Å². The van der Waals surface area contributed by atoms with E-state index >= 15 is 0 Å². The lowest BCUT2D eigenvalue weighted by molar-refractivity contribution is -0.114. The molecule has 0 atom stereocenters. The quantitative estimate of drug-likeness (QED) is 0.372. The van der Waals surface area contributed by atoms with E-state index in [0.717, 1.165) is 24.5 Å². The molecule has 160 valence electrons. The molecule has 28 heavy (non-hydrogen) atoms. The summed E-state index contributed by atoms with van der Waals surface area (Å²) in [5, 5.41) is 2.71. The van der Waals surface area contributed by atoms with Crippen LogP contribution in [0.3, 0.4) is 0 Å². The summed E-state index contributed by atoms with van der Waals surface area (Å²) >= 11 is 0. The van der Waals surface area contributed by atoms with Crippen molar-refractivity contribution in [2.45, 2.75) is 52.4 Å². The predicted octanol–water partition coefficient (Wildman–Crippen LogP) is 4.43. The molecule has 0 heterocycles. The summed E-state index contributed by atoms with van der Waals surface area (Å²) in [6.45, 7) is 7.88. The summed E-state index contributed by atoms with van der Waals surface area (Å²) in [5.41, 5.74) is 0.754. The number of benzene rings is 1. The van der Waals surface area contributed by atoms with Crippen molar-refractivity contribution in [3.8, 4) is 5.75 Å². The highest BCUT2D eigenvalue weighted by Gasteiger charge is 1.98. The van der Waals surface area contributed by atoms with Gasteiger partial charge < -0.3 is 24.3 Å². The first-order chi connectivity index (χ1) is 13.7. The zero-order valence-electron chi connectivity index (χ0n) is 17.5. The summed E-state index contributed by atoms with van der Waals surface area (Å²) < 4.78 is 22.1. The maximum absolute atomic E-state index is 11.0. The van der Waals surface area contributed by atoms with Crippen molar-refractivity contribution in [3.05, 3.63) is 24.3 Å². The monoisotopic (exact) mass is 395 g/mol. The summed E-state index contributed by atoms with van der Waals surface area (Å²) in [7, 11) is 0. The maximum atomic E-state index is 11.0. The van der Waals surface area contributed by atoms with Gasteiger partial charge in [0.2, 0.25) is 5.91 Å². The van der Waals surface area contributed by atoms with Gasteiger partial charge in [-0.05, 0) is 30.7 Å². The number of nitrogens with one attached hydrogen (secondary N) is 1. The van der Waals surface area contributed by atoms with Crippen molar-refractivity contribution in [1.29, 1.82) is 0 Å². The molecule has 0 aliphatic rings. The highest BCUT2D eigenvalue weighted by atomic mass is 16.6. The predicted molar refractivity (Wildman–Crippen MR) is 112 cm³/mol. The Morgan fingerprint density at radius 1 is 0.750 bits per heavy atom. The number of amides is 1. The molecule has 0 aromatic heterocycles. The van der Waals surface area contributed by atoms with Crippen molar-refractivity contribution in [2.24, 2.45) is 0 Å². The number of hydrogen-bond acceptors (Lipinski definition) is 5. The van der Waals surface area contributed by atoms with Crippen LogP contribution in [-0.2, 0) is 19.0 Å². The molecule has 0 unspecified atom stereocenters. The molecule has 1 aromatic rings. The molecule has 0 fully saturated rings. The minimum absolute atomic E-state index is 0.0892. The Hall–Kier alpha value is -1.63. The van der Waals surface area contributed by atoms with Crippen LogP contribution < -0.4 is 10.1 Å². The molecule has 6 heteroatoms. The zero-order chi connectivity index (χ0) is 20.3. The molecule has 1 aromatic carbocycles. The number of unbranched alkanes of at least 4 members (excludes halogenated alkanes) is 5. The van der Waals surface area contributed by atoms with E-state index in [4.69, 9.17) is 18.9 Å². The number of hydrogen-bond donors (Lipinski definition) is 1. The first kappa shape index (κ1) is 24.4. The smallest absolute Gasteiger partial charge is 0.221 e. The Kier molecular flexibility index (Phi) is 15.2. The zero-order valence-corrected chi connectivity index (χ0v) is 17.5. The lowest BCUT2D eigenvalue weighted by Gasteiger charge is -2.09. The fourth-order valence-corrected chi connectivity index (χ4v) is 2.58. The molecule has 1 rings (SSSR count). The molecule has 0 saturated carbocycles. The van der Waals surface area contributed by atoms with Gasteiger partial charge in [0.15, 0.2) is 0 Å². The second kappa shape index (κ2) is 17.5. The molecule has 0 aliphatic carbocycles. The normalized spacial score (nSPS) is 10.8. The van der Waals surface area contributed by atoms with Crippen LogP contribution in [-0.4, -0.2) is 52.2 Å². The largest absolute Gasteiger partial charge is 0.491 e. The van der Waals surface area contributed by atoms with Crippen LogP contribution in [0, 0.1) is 0 Å². The van der Waals surface area contributed by atoms with Crippen LogP contribution in [0.15, 0.2) is 24.3 Å². The van der Waals surface area contributed by atoms with E-state index in [2.05, 4.69) is 12.2 Å². The fraction of sp³-hybridized carbons (Fsp3) is 0.682. The number of rotatable bonds is 18. The van der Waals surface area contributed by atoms with Gasteiger partial charge in [-0.3, -0.25) is 4.79 Å². The van der Waals surface area contributed by atoms with Gasteiger partial charge in [-0.1, -0.05) is 39.0 Å². The molecule has 0 saturated heterocycles. The van der Waals surface area contributed by atoms with Crippen LogP contribution >= 0.6 is 0 Å². The first-order valence-corrected chi connectivity index (χ1v) is 10.5. The average Bonchev–Trinajstić information content (AvgIpc) is 2.68. The molecule has 0 spiro atoms. The van der Waals surface area contributed by atoms with E-state index in [-0.39, 0.29) is 5.91 Å². The standard InChI is InChI=1S/C22H37NO5/c1-3-4-5-6-7-8-13-25-14-15-26-16-17-27-18-19-28-22-11-9-21(10-12-22)23-20(2)24/h9-12H,3-8,13-19H2,1-2H3,(H,23,24). The lowest BCUT2D eigenvalue weighted by Crippen LogP contribution is -2.13. The Morgan fingerprint density at radius 2 is 1.29 bits per heavy atom. The SMILES string of the molecule is CCCCCCCCOCCOCCOCCOc1ccc(NC(C)=O)cc1. The molecule has 6 nitrogen and oxygen atoms in total. The van der Waals surface area contributed by atoms with Gasteiger partial charge in [0.25, 0.3) is 0 Å². The molecule has 1 amide bonds. The fourth-order valence-electron chi connectivity index (χ4n) is 2.58. The Balaban J connectivity index is 1.82. The van der Waals surface area contributed by atoms with E-state index in [1.165, 1.54) is 39.0 Å². The van der Waals surface area contributed by atoms with Crippen LogP contribution in [0.25, 0.3) is 0 Å². The van der Waals surface area contributed by atoms with Gasteiger partial charge in [0.1, 0.15) is 12.4 Å². The summed E-state index contributed by atoms with van der Waals surface area (Å²) in [6, 6.07) is 7.25. The minimum atomic E-state index is -0.0892. The van der Waals surface area contributed by atoms with Crippen molar-refractivity contribution in [2.75, 3.05) is 51.6 Å². The van der Waals surface area contributed by atoms with Crippen molar-refractivity contribution >= 4 is 11.6 Å². The summed E-state index contributed by atoms with van der Waals surface area (Å²) in [4.78, 5) is 11.0. The van der Waals surface area contributed by atoms with E-state index in [9.17, 15) is 4.79 Å². The molecular weight excluding hydrogens is 358 g/mol. The summed E-state index contributed by atoms with van der Waals surface area (Å²) in [6.07, 6.45) is 7.70. The lowest BCUT2D eigenvalue weighted by atomic mass is 10.1. The van der Waals surface area contributed by atoms with E-state index in [0.29, 0.717) is 39.6 Å². The van der Waals surface area contributed by atoms with Gasteiger partial charge in [0, 0.05) is 19.2 Å². The highest BCUT2D eigenvalue weighted by Crippen LogP contribution is 2.15. The van der Waals surface area contributed by atoms with E-state index < -0.39 is 0 Å². The number of carbonyl (C=O) groups is 1. The number of anilines is 1. The van der Waals surface area contributed by atoms with Gasteiger partial charge in [-0.2, -0.15) is 0 Å². The average molecular weight is 396 g/mol. The molecule has 1 N–H and O–H groups in total. The second-order valence-electron chi connectivity index (χ2n) is 6.66. The van der Waals surface area contributed by atoms with Crippen molar-refractivity contribution in [1.82, 2.24) is 0 Å². The van der Waals surface area contributed by atoms with Crippen LogP contribution in [0.1, 0.15) is 52.4 Å². The third kappa shape index (κ3) is 14.4. The number of carbonyl (C=O) groups excluding carboxylic acids is 1. The Labute approximate surface area is 169 Å². The second-order valence-corrected chi connectivity index (χ2v) is 6.66. The number of ether oxygens (including phenoxy) is 4. The third-order valence-corrected chi connectivity index (χ3v) is 4.06. The Morgan fingerprint density at radius 3 is 1.89 bits per heavy atom. The Bertz CT molecular complexity index is 492. The van der Waals surface area contributed by atoms with E-state index in [1.54, 1.807) is 12.1 Å². The first-order valence-electron chi connectivity index (χ1n) is 10.5. The topological polar surface area (TPSA) is 66.0 Å². The van der Waals surface area contributed by atoms with Crippen LogP contribution in [0.2, 0.25) is 0 Å². The molecule has 0 bridgehead atoms. The van der Waals surface area contributed by atoms with Gasteiger partial charge >= 0.3 is 0 Å². The van der Waals surface area contributed by atoms with Gasteiger partial charge in [-0.15, -0.1) is 0 Å². The highest BCUT2D eigenvalue weighted by molar-refractivity contribution is 5.88. The van der Waals surface area contributed by atoms with Crippen LogP contribution in [0.5, 0.6) is 5.75 Å². The molecule has 0 aliphatic heterocycles. The molecular formula is C22H37NO5. The van der Waals surface area contributed by atoms with Gasteiger partial charge in [0.05, 0.1) is 33.0 Å². The maximum Gasteiger partial charge on any atom is 0.221 e. The molecule has 0 radical (unpaired) electrons. The summed E-state index contributed by atoms with van der Waals surface area (Å²) in [5.74, 6) is 0.658. The van der Waals surface area contributed by atoms with Crippen LogP contribution in [0.4, 0.5) is 5.69 Å². The van der Waals surface area contributed by atoms with Crippen molar-refractivity contribution in [3.63, 3.8) is 0 Å². The minimum Gasteiger partial charge on any atom is -0.491 e.